The SMILES string of the molecule is O=C1NC(c2n[nH]c3c2CCC3)CO1. The first-order chi connectivity index (χ1) is 6.84. The van der Waals surface area contributed by atoms with E-state index in [4.69, 9.17) is 4.74 Å². The molecule has 1 amide bonds. The van der Waals surface area contributed by atoms with E-state index in [0.717, 1.165) is 18.5 Å². The molecule has 5 heteroatoms. The highest BCUT2D eigenvalue weighted by molar-refractivity contribution is 5.70. The molecule has 2 heterocycles. The van der Waals surface area contributed by atoms with Crippen molar-refractivity contribution in [3.8, 4) is 0 Å². The minimum Gasteiger partial charge on any atom is -0.447 e. The van der Waals surface area contributed by atoms with Crippen LogP contribution in [0.4, 0.5) is 4.79 Å². The Morgan fingerprint density at radius 2 is 2.36 bits per heavy atom. The first kappa shape index (κ1) is 7.84. The van der Waals surface area contributed by atoms with Crippen LogP contribution in [0.5, 0.6) is 0 Å². The normalized spacial score (nSPS) is 24.6. The summed E-state index contributed by atoms with van der Waals surface area (Å²) in [6.45, 7) is 0.399. The molecule has 1 saturated heterocycles. The van der Waals surface area contributed by atoms with Crippen LogP contribution in [0.1, 0.15) is 29.4 Å². The smallest absolute Gasteiger partial charge is 0.407 e. The van der Waals surface area contributed by atoms with Crippen molar-refractivity contribution in [1.29, 1.82) is 0 Å². The number of aromatic amines is 1. The van der Waals surface area contributed by atoms with Crippen molar-refractivity contribution in [1.82, 2.24) is 15.5 Å². The molecule has 1 aliphatic heterocycles. The van der Waals surface area contributed by atoms with Gasteiger partial charge in [0.1, 0.15) is 12.6 Å². The Balaban J connectivity index is 1.93. The summed E-state index contributed by atoms with van der Waals surface area (Å²) in [7, 11) is 0. The second-order valence-electron chi connectivity index (χ2n) is 3.71. The number of nitrogens with zero attached hydrogens (tertiary/aromatic N) is 1. The number of carbonyl (C=O) groups excluding carboxylic acids is 1. The average molecular weight is 193 g/mol. The maximum Gasteiger partial charge on any atom is 0.407 e. The van der Waals surface area contributed by atoms with Gasteiger partial charge in [-0.2, -0.15) is 5.10 Å². The lowest BCUT2D eigenvalue weighted by Crippen LogP contribution is -2.19. The third-order valence-corrected chi connectivity index (χ3v) is 2.84. The van der Waals surface area contributed by atoms with Crippen LogP contribution in [0.3, 0.4) is 0 Å². The molecule has 1 atom stereocenters. The Morgan fingerprint density at radius 1 is 1.43 bits per heavy atom. The molecule has 1 unspecified atom stereocenters. The van der Waals surface area contributed by atoms with E-state index in [-0.39, 0.29) is 12.1 Å². The summed E-state index contributed by atoms with van der Waals surface area (Å²) in [6.07, 6.45) is 2.97. The summed E-state index contributed by atoms with van der Waals surface area (Å²) < 4.78 is 4.85. The summed E-state index contributed by atoms with van der Waals surface area (Å²) >= 11 is 0. The molecule has 1 aromatic rings. The Kier molecular flexibility index (Phi) is 1.53. The number of ether oxygens (including phenoxy) is 1. The van der Waals surface area contributed by atoms with Crippen molar-refractivity contribution in [2.45, 2.75) is 25.3 Å². The van der Waals surface area contributed by atoms with Crippen molar-refractivity contribution in [3.63, 3.8) is 0 Å². The molecule has 14 heavy (non-hydrogen) atoms. The first-order valence-electron chi connectivity index (χ1n) is 4.84. The Hall–Kier alpha value is -1.52. The van der Waals surface area contributed by atoms with E-state index in [9.17, 15) is 4.79 Å². The van der Waals surface area contributed by atoms with Gasteiger partial charge in [-0.05, 0) is 24.8 Å². The number of hydrogen-bond acceptors (Lipinski definition) is 3. The number of hydrogen-bond donors (Lipinski definition) is 2. The monoisotopic (exact) mass is 193 g/mol. The van der Waals surface area contributed by atoms with E-state index in [1.54, 1.807) is 0 Å². The number of aromatic nitrogens is 2. The Labute approximate surface area is 80.8 Å². The first-order valence-corrected chi connectivity index (χ1v) is 4.84. The quantitative estimate of drug-likeness (QED) is 0.689. The third kappa shape index (κ3) is 1.01. The van der Waals surface area contributed by atoms with E-state index in [1.807, 2.05) is 0 Å². The minimum absolute atomic E-state index is 0.0550. The second-order valence-corrected chi connectivity index (χ2v) is 3.71. The van der Waals surface area contributed by atoms with E-state index >= 15 is 0 Å². The Morgan fingerprint density at radius 3 is 3.14 bits per heavy atom. The van der Waals surface area contributed by atoms with Crippen molar-refractivity contribution < 1.29 is 9.53 Å². The van der Waals surface area contributed by atoms with Crippen LogP contribution in [0.2, 0.25) is 0 Å². The molecule has 3 rings (SSSR count). The molecule has 0 spiro atoms. The molecule has 1 aromatic heterocycles. The lowest BCUT2D eigenvalue weighted by atomic mass is 10.1. The molecule has 2 N–H and O–H groups in total. The van der Waals surface area contributed by atoms with E-state index < -0.39 is 0 Å². The van der Waals surface area contributed by atoms with E-state index in [0.29, 0.717) is 6.61 Å². The summed E-state index contributed by atoms with van der Waals surface area (Å²) in [5.74, 6) is 0. The van der Waals surface area contributed by atoms with E-state index in [2.05, 4.69) is 15.5 Å². The van der Waals surface area contributed by atoms with Gasteiger partial charge in [-0.25, -0.2) is 4.79 Å². The van der Waals surface area contributed by atoms with Gasteiger partial charge in [0, 0.05) is 5.69 Å². The summed E-state index contributed by atoms with van der Waals surface area (Å²) in [5, 5.41) is 10.00. The number of carbonyl (C=O) groups is 1. The van der Waals surface area contributed by atoms with Crippen molar-refractivity contribution >= 4 is 6.09 Å². The highest BCUT2D eigenvalue weighted by Gasteiger charge is 2.30. The zero-order chi connectivity index (χ0) is 9.54. The van der Waals surface area contributed by atoms with Crippen LogP contribution in [-0.4, -0.2) is 22.9 Å². The van der Waals surface area contributed by atoms with Crippen molar-refractivity contribution in [2.24, 2.45) is 0 Å². The molecule has 1 fully saturated rings. The molecular formula is C9H11N3O2. The average Bonchev–Trinajstić information content (AvgIpc) is 2.77. The van der Waals surface area contributed by atoms with Gasteiger partial charge < -0.3 is 10.1 Å². The lowest BCUT2D eigenvalue weighted by Gasteiger charge is -2.04. The van der Waals surface area contributed by atoms with Gasteiger partial charge in [-0.15, -0.1) is 0 Å². The van der Waals surface area contributed by atoms with Crippen LogP contribution in [-0.2, 0) is 17.6 Å². The number of H-pyrrole nitrogens is 1. The molecule has 0 aromatic carbocycles. The molecule has 2 aliphatic rings. The summed E-state index contributed by atoms with van der Waals surface area (Å²) in [4.78, 5) is 10.9. The van der Waals surface area contributed by atoms with Crippen LogP contribution >= 0.6 is 0 Å². The fourth-order valence-electron chi connectivity index (χ4n) is 2.17. The highest BCUT2D eigenvalue weighted by Crippen LogP contribution is 2.28. The van der Waals surface area contributed by atoms with E-state index in [1.165, 1.54) is 17.7 Å². The van der Waals surface area contributed by atoms with Gasteiger partial charge in [0.25, 0.3) is 0 Å². The van der Waals surface area contributed by atoms with Crippen LogP contribution in [0.15, 0.2) is 0 Å². The summed E-state index contributed by atoms with van der Waals surface area (Å²) in [6, 6.07) is -0.0550. The maximum absolute atomic E-state index is 10.9. The number of fused-ring (bicyclic) bond motifs is 1. The molecular weight excluding hydrogens is 182 g/mol. The maximum atomic E-state index is 10.9. The highest BCUT2D eigenvalue weighted by atomic mass is 16.6. The lowest BCUT2D eigenvalue weighted by molar-refractivity contribution is 0.177. The van der Waals surface area contributed by atoms with Crippen LogP contribution in [0, 0.1) is 0 Å². The number of rotatable bonds is 1. The number of cyclic esters (lactones) is 1. The minimum atomic E-state index is -0.343. The van der Waals surface area contributed by atoms with Gasteiger partial charge in [-0.3, -0.25) is 5.10 Å². The van der Waals surface area contributed by atoms with Gasteiger partial charge >= 0.3 is 6.09 Å². The van der Waals surface area contributed by atoms with Gasteiger partial charge in [0.15, 0.2) is 0 Å². The van der Waals surface area contributed by atoms with Crippen LogP contribution in [0.25, 0.3) is 0 Å². The fourth-order valence-corrected chi connectivity index (χ4v) is 2.17. The predicted octanol–water partition coefficient (Wildman–Crippen LogP) is 0.679. The molecule has 0 saturated carbocycles. The number of aryl methyl sites for hydroxylation is 1. The molecule has 74 valence electrons. The molecule has 1 aliphatic carbocycles. The Bertz CT molecular complexity index is 385. The number of alkyl carbamates (subject to hydrolysis) is 1. The van der Waals surface area contributed by atoms with Crippen LogP contribution < -0.4 is 5.32 Å². The van der Waals surface area contributed by atoms with Crippen molar-refractivity contribution in [2.75, 3.05) is 6.61 Å². The second kappa shape index (κ2) is 2.73. The van der Waals surface area contributed by atoms with Gasteiger partial charge in [-0.1, -0.05) is 0 Å². The standard InChI is InChI=1S/C9H11N3O2/c13-9-10-7(4-14-9)8-5-2-1-3-6(5)11-12-8/h7H,1-4H2,(H,10,13)(H,11,12). The molecule has 5 nitrogen and oxygen atoms in total. The predicted molar refractivity (Wildman–Crippen MR) is 47.8 cm³/mol. The largest absolute Gasteiger partial charge is 0.447 e. The topological polar surface area (TPSA) is 67.0 Å². The zero-order valence-corrected chi connectivity index (χ0v) is 7.67. The van der Waals surface area contributed by atoms with Gasteiger partial charge in [0.2, 0.25) is 0 Å². The van der Waals surface area contributed by atoms with Crippen molar-refractivity contribution in [3.05, 3.63) is 17.0 Å². The number of nitrogens with one attached hydrogen (secondary N) is 2. The van der Waals surface area contributed by atoms with Gasteiger partial charge in [0.05, 0.1) is 5.69 Å². The number of amides is 1. The third-order valence-electron chi connectivity index (χ3n) is 2.84. The zero-order valence-electron chi connectivity index (χ0n) is 7.67. The summed E-state index contributed by atoms with van der Waals surface area (Å²) in [5.41, 5.74) is 3.46. The molecule has 0 radical (unpaired) electrons. The fraction of sp³-hybridized carbons (Fsp3) is 0.556. The molecule has 0 bridgehead atoms.